The third-order valence-electron chi connectivity index (χ3n) is 2.52. The predicted molar refractivity (Wildman–Crippen MR) is 40.6 cm³/mol. The molecule has 1 aliphatic carbocycles. The van der Waals surface area contributed by atoms with Gasteiger partial charge in [-0.25, -0.2) is 0 Å². The third kappa shape index (κ3) is 1.16. The lowest BCUT2D eigenvalue weighted by atomic mass is 9.91. The Morgan fingerprint density at radius 3 is 2.80 bits per heavy atom. The molecule has 0 aromatic carbocycles. The Kier molecular flexibility index (Phi) is 2.32. The van der Waals surface area contributed by atoms with Crippen LogP contribution in [-0.2, 0) is 0 Å². The number of nitrogens with zero attached hydrogens (tertiary/aromatic N) is 1. The lowest BCUT2D eigenvalue weighted by Gasteiger charge is -2.13. The molecule has 0 heterocycles. The molecule has 0 bridgehead atoms. The Labute approximate surface area is 63.0 Å². The van der Waals surface area contributed by atoms with E-state index in [0.717, 1.165) is 12.8 Å². The van der Waals surface area contributed by atoms with Crippen LogP contribution in [0.15, 0.2) is 0 Å². The quantitative estimate of drug-likeness (QED) is 0.540. The summed E-state index contributed by atoms with van der Waals surface area (Å²) in [6, 6.07) is 2.29. The summed E-state index contributed by atoms with van der Waals surface area (Å²) in [7, 11) is 0. The second kappa shape index (κ2) is 3.05. The summed E-state index contributed by atoms with van der Waals surface area (Å²) in [5.41, 5.74) is 0. The molecule has 0 spiro atoms. The summed E-state index contributed by atoms with van der Waals surface area (Å²) in [4.78, 5) is 0. The maximum absolute atomic E-state index is 8.65. The van der Waals surface area contributed by atoms with Gasteiger partial charge in [0.05, 0.1) is 12.0 Å². The minimum atomic E-state index is 0.187. The van der Waals surface area contributed by atoms with Crippen LogP contribution in [-0.4, -0.2) is 0 Å². The zero-order chi connectivity index (χ0) is 7.56. The van der Waals surface area contributed by atoms with Gasteiger partial charge in [-0.15, -0.1) is 0 Å². The van der Waals surface area contributed by atoms with Crippen molar-refractivity contribution in [2.24, 2.45) is 17.8 Å². The van der Waals surface area contributed by atoms with Crippen molar-refractivity contribution in [3.63, 3.8) is 0 Å². The highest BCUT2D eigenvalue weighted by molar-refractivity contribution is 5.04. The second-order valence-electron chi connectivity index (χ2n) is 3.03. The minimum absolute atomic E-state index is 0.187. The normalized spacial score (nSPS) is 39.5. The fourth-order valence-electron chi connectivity index (χ4n) is 1.59. The van der Waals surface area contributed by atoms with Crippen LogP contribution in [0.2, 0.25) is 0 Å². The Morgan fingerprint density at radius 2 is 2.50 bits per heavy atom. The number of hydrogen-bond donors (Lipinski definition) is 0. The summed E-state index contributed by atoms with van der Waals surface area (Å²) < 4.78 is 0. The Bertz CT molecular complexity index is 145. The van der Waals surface area contributed by atoms with Gasteiger partial charge in [-0.2, -0.15) is 5.26 Å². The van der Waals surface area contributed by atoms with Gasteiger partial charge in [0.2, 0.25) is 0 Å². The summed E-state index contributed by atoms with van der Waals surface area (Å²) in [6.45, 7) is 6.00. The van der Waals surface area contributed by atoms with Gasteiger partial charge in [-0.3, -0.25) is 0 Å². The highest BCUT2D eigenvalue weighted by Crippen LogP contribution is 2.36. The van der Waals surface area contributed by atoms with E-state index in [4.69, 9.17) is 5.26 Å². The molecule has 0 amide bonds. The molecular formula is C9H13N. The van der Waals surface area contributed by atoms with E-state index >= 15 is 0 Å². The van der Waals surface area contributed by atoms with Gasteiger partial charge in [0.1, 0.15) is 0 Å². The van der Waals surface area contributed by atoms with Gasteiger partial charge in [-0.05, 0) is 24.7 Å². The van der Waals surface area contributed by atoms with Crippen molar-refractivity contribution in [1.82, 2.24) is 0 Å². The maximum atomic E-state index is 8.65. The highest BCUT2D eigenvalue weighted by Gasteiger charge is 2.31. The molecule has 0 saturated heterocycles. The molecule has 1 rings (SSSR count). The smallest absolute Gasteiger partial charge is 0.0661 e. The first-order chi connectivity index (χ1) is 4.79. The molecule has 1 nitrogen and oxygen atoms in total. The summed E-state index contributed by atoms with van der Waals surface area (Å²) in [5.74, 6) is 1.37. The largest absolute Gasteiger partial charge is 0.198 e. The van der Waals surface area contributed by atoms with E-state index in [1.807, 2.05) is 0 Å². The molecule has 0 aromatic heterocycles. The molecule has 1 fully saturated rings. The van der Waals surface area contributed by atoms with Gasteiger partial charge in [-0.1, -0.05) is 20.3 Å². The molecule has 1 saturated carbocycles. The van der Waals surface area contributed by atoms with Crippen LogP contribution in [0, 0.1) is 42.4 Å². The van der Waals surface area contributed by atoms with Crippen molar-refractivity contribution in [3.8, 4) is 6.07 Å². The Hall–Kier alpha value is -0.510. The summed E-state index contributed by atoms with van der Waals surface area (Å²) in [6.07, 6.45) is 4.18. The molecule has 1 aliphatic rings. The van der Waals surface area contributed by atoms with Gasteiger partial charge < -0.3 is 0 Å². The number of rotatable bonds is 1. The van der Waals surface area contributed by atoms with E-state index in [1.54, 1.807) is 0 Å². The van der Waals surface area contributed by atoms with Gasteiger partial charge in [0.15, 0.2) is 0 Å². The zero-order valence-electron chi connectivity index (χ0n) is 6.38. The first-order valence-corrected chi connectivity index (χ1v) is 3.81. The van der Waals surface area contributed by atoms with Crippen LogP contribution in [0.4, 0.5) is 0 Å². The van der Waals surface area contributed by atoms with E-state index < -0.39 is 0 Å². The van der Waals surface area contributed by atoms with Crippen molar-refractivity contribution in [3.05, 3.63) is 13.3 Å². The second-order valence-corrected chi connectivity index (χ2v) is 3.03. The van der Waals surface area contributed by atoms with Crippen molar-refractivity contribution in [2.75, 3.05) is 0 Å². The molecule has 3 unspecified atom stereocenters. The Morgan fingerprint density at radius 1 is 1.80 bits per heavy atom. The van der Waals surface area contributed by atoms with Crippen molar-refractivity contribution >= 4 is 0 Å². The minimum Gasteiger partial charge on any atom is -0.198 e. The number of nitriles is 1. The van der Waals surface area contributed by atoms with Gasteiger partial charge in [0, 0.05) is 0 Å². The summed E-state index contributed by atoms with van der Waals surface area (Å²) in [5, 5.41) is 8.65. The van der Waals surface area contributed by atoms with Crippen molar-refractivity contribution < 1.29 is 0 Å². The average Bonchev–Trinajstić information content (AvgIpc) is 2.30. The first-order valence-electron chi connectivity index (χ1n) is 3.81. The number of hydrogen-bond acceptors (Lipinski definition) is 1. The average molecular weight is 135 g/mol. The van der Waals surface area contributed by atoms with Crippen LogP contribution in [0.5, 0.6) is 0 Å². The van der Waals surface area contributed by atoms with Crippen molar-refractivity contribution in [2.45, 2.75) is 19.8 Å². The molecule has 0 N–H and O–H groups in total. The monoisotopic (exact) mass is 135 g/mol. The van der Waals surface area contributed by atoms with Gasteiger partial charge in [0.25, 0.3) is 0 Å². The molecule has 2 radical (unpaired) electrons. The van der Waals surface area contributed by atoms with Crippen LogP contribution in [0.25, 0.3) is 0 Å². The lowest BCUT2D eigenvalue weighted by Crippen LogP contribution is -2.08. The molecule has 3 atom stereocenters. The molecular weight excluding hydrogens is 122 g/mol. The fourth-order valence-corrected chi connectivity index (χ4v) is 1.59. The van der Waals surface area contributed by atoms with E-state index in [2.05, 4.69) is 26.3 Å². The molecule has 1 heteroatoms. The topological polar surface area (TPSA) is 23.8 Å². The molecule has 54 valence electrons. The van der Waals surface area contributed by atoms with Crippen LogP contribution >= 0.6 is 0 Å². The first kappa shape index (κ1) is 7.60. The SMILES string of the molecule is [CH2]CC1C[CH]C(C#N)C1C. The molecule has 0 aliphatic heterocycles. The lowest BCUT2D eigenvalue weighted by molar-refractivity contribution is 0.388. The summed E-state index contributed by atoms with van der Waals surface area (Å²) >= 11 is 0. The molecule has 0 aromatic rings. The van der Waals surface area contributed by atoms with E-state index in [9.17, 15) is 0 Å². The van der Waals surface area contributed by atoms with Gasteiger partial charge >= 0.3 is 0 Å². The van der Waals surface area contributed by atoms with Crippen molar-refractivity contribution in [1.29, 1.82) is 5.26 Å². The predicted octanol–water partition coefficient (Wildman–Crippen LogP) is 2.21. The van der Waals surface area contributed by atoms with Crippen LogP contribution in [0.1, 0.15) is 19.8 Å². The van der Waals surface area contributed by atoms with E-state index in [-0.39, 0.29) is 5.92 Å². The maximum Gasteiger partial charge on any atom is 0.0661 e. The van der Waals surface area contributed by atoms with Crippen LogP contribution < -0.4 is 0 Å². The standard InChI is InChI=1S/C9H13N/c1-3-8-4-5-9(6-10)7(8)2/h5,7-9H,1,3-4H2,2H3. The highest BCUT2D eigenvalue weighted by atomic mass is 14.4. The third-order valence-corrected chi connectivity index (χ3v) is 2.52. The van der Waals surface area contributed by atoms with E-state index in [0.29, 0.717) is 11.8 Å². The van der Waals surface area contributed by atoms with Crippen LogP contribution in [0.3, 0.4) is 0 Å². The fraction of sp³-hybridized carbons (Fsp3) is 0.667. The van der Waals surface area contributed by atoms with E-state index in [1.165, 1.54) is 0 Å². The molecule has 10 heavy (non-hydrogen) atoms. The Balaban J connectivity index is 2.51. The zero-order valence-corrected chi connectivity index (χ0v) is 6.38.